The van der Waals surface area contributed by atoms with Crippen molar-refractivity contribution in [2.45, 2.75) is 18.6 Å². The van der Waals surface area contributed by atoms with Crippen LogP contribution in [0.3, 0.4) is 0 Å². The van der Waals surface area contributed by atoms with Crippen LogP contribution in [0.1, 0.15) is 6.42 Å². The Morgan fingerprint density at radius 2 is 2.41 bits per heavy atom. The largest absolute Gasteiger partial charge is 0.481 e. The van der Waals surface area contributed by atoms with Gasteiger partial charge >= 0.3 is 5.97 Å². The Bertz CT molecular complexity index is 424. The van der Waals surface area contributed by atoms with Gasteiger partial charge in [0.15, 0.2) is 0 Å². The third-order valence-corrected chi connectivity index (χ3v) is 2.82. The van der Waals surface area contributed by atoms with Gasteiger partial charge in [0.2, 0.25) is 5.88 Å². The van der Waals surface area contributed by atoms with Crippen LogP contribution >= 0.6 is 0 Å². The number of pyridine rings is 1. The Morgan fingerprint density at radius 1 is 1.65 bits per heavy atom. The van der Waals surface area contributed by atoms with E-state index in [1.807, 2.05) is 0 Å². The minimum Gasteiger partial charge on any atom is -0.481 e. The number of ether oxygens (including phenoxy) is 1. The second-order valence-electron chi connectivity index (χ2n) is 3.95. The van der Waals surface area contributed by atoms with Gasteiger partial charge in [0, 0.05) is 30.9 Å². The van der Waals surface area contributed by atoms with E-state index in [1.54, 1.807) is 23.2 Å². The van der Waals surface area contributed by atoms with E-state index in [2.05, 4.69) is 4.98 Å². The lowest BCUT2D eigenvalue weighted by atomic mass is 10.2. The summed E-state index contributed by atoms with van der Waals surface area (Å²) in [6.07, 6.45) is 1.17. The zero-order valence-corrected chi connectivity index (χ0v) is 9.41. The predicted molar refractivity (Wildman–Crippen MR) is 60.2 cm³/mol. The Labute approximate surface area is 98.5 Å². The summed E-state index contributed by atoms with van der Waals surface area (Å²) in [5.74, 6) is -0.509. The van der Waals surface area contributed by atoms with Crippen molar-refractivity contribution in [3.05, 3.63) is 18.3 Å². The van der Waals surface area contributed by atoms with Gasteiger partial charge in [-0.3, -0.25) is 0 Å². The number of methoxy groups -OCH3 is 1. The molecule has 2 unspecified atom stereocenters. The molecule has 6 heteroatoms. The molecule has 1 aromatic rings. The molecule has 1 saturated heterocycles. The molecule has 2 heterocycles. The van der Waals surface area contributed by atoms with Gasteiger partial charge in [-0.2, -0.15) is 0 Å². The maximum absolute atomic E-state index is 11.1. The number of hydrogen-bond acceptors (Lipinski definition) is 5. The highest BCUT2D eigenvalue weighted by Crippen LogP contribution is 2.27. The van der Waals surface area contributed by atoms with Crippen LogP contribution in [0.25, 0.3) is 0 Å². The van der Waals surface area contributed by atoms with E-state index >= 15 is 0 Å². The van der Waals surface area contributed by atoms with Gasteiger partial charge in [0.25, 0.3) is 0 Å². The lowest BCUT2D eigenvalue weighted by molar-refractivity contribution is -0.138. The molecule has 2 N–H and O–H groups in total. The number of carboxylic acid groups (broad SMARTS) is 1. The Balaban J connectivity index is 2.28. The Hall–Kier alpha value is -1.82. The molecule has 0 radical (unpaired) electrons. The van der Waals surface area contributed by atoms with Crippen molar-refractivity contribution in [2.24, 2.45) is 0 Å². The summed E-state index contributed by atoms with van der Waals surface area (Å²) in [7, 11) is 1.50. The van der Waals surface area contributed by atoms with Gasteiger partial charge in [-0.1, -0.05) is 0 Å². The van der Waals surface area contributed by atoms with Crippen LogP contribution in [-0.2, 0) is 4.79 Å². The number of anilines is 1. The standard InChI is InChI=1S/C11H14N2O4/c1-17-10-4-7(2-3-12-10)13-6-8(14)5-9(13)11(15)16/h2-4,8-9,14H,5-6H2,1H3,(H,15,16). The fourth-order valence-electron chi connectivity index (χ4n) is 2.02. The van der Waals surface area contributed by atoms with Gasteiger partial charge in [0.05, 0.1) is 13.2 Å². The first-order valence-electron chi connectivity index (χ1n) is 5.29. The van der Waals surface area contributed by atoms with Crippen LogP contribution in [-0.4, -0.2) is 47.0 Å². The van der Waals surface area contributed by atoms with Crippen LogP contribution in [0, 0.1) is 0 Å². The number of aliphatic hydroxyl groups is 1. The highest BCUT2D eigenvalue weighted by atomic mass is 16.5. The van der Waals surface area contributed by atoms with Crippen molar-refractivity contribution in [3.63, 3.8) is 0 Å². The molecule has 0 amide bonds. The molecule has 17 heavy (non-hydrogen) atoms. The van der Waals surface area contributed by atoms with E-state index in [4.69, 9.17) is 9.84 Å². The minimum atomic E-state index is -0.933. The summed E-state index contributed by atoms with van der Waals surface area (Å²) < 4.78 is 4.99. The zero-order valence-electron chi connectivity index (χ0n) is 9.41. The predicted octanol–water partition coefficient (Wildman–Crippen LogP) is 0.114. The van der Waals surface area contributed by atoms with Crippen LogP contribution < -0.4 is 9.64 Å². The summed E-state index contributed by atoms with van der Waals surface area (Å²) in [6, 6.07) is 2.67. The van der Waals surface area contributed by atoms with E-state index in [0.717, 1.165) is 0 Å². The van der Waals surface area contributed by atoms with Crippen molar-refractivity contribution in [1.82, 2.24) is 4.98 Å². The molecule has 92 valence electrons. The van der Waals surface area contributed by atoms with Crippen molar-refractivity contribution in [2.75, 3.05) is 18.6 Å². The molecule has 0 bridgehead atoms. The summed E-state index contributed by atoms with van der Waals surface area (Å²) >= 11 is 0. The molecule has 0 aromatic carbocycles. The molecular weight excluding hydrogens is 224 g/mol. The number of hydrogen-bond donors (Lipinski definition) is 2. The number of nitrogens with zero attached hydrogens (tertiary/aromatic N) is 2. The minimum absolute atomic E-state index is 0.236. The lowest BCUT2D eigenvalue weighted by Crippen LogP contribution is -2.35. The number of carboxylic acids is 1. The van der Waals surface area contributed by atoms with Crippen LogP contribution in [0.2, 0.25) is 0 Å². The van der Waals surface area contributed by atoms with Gasteiger partial charge in [-0.15, -0.1) is 0 Å². The average molecular weight is 238 g/mol. The zero-order chi connectivity index (χ0) is 12.4. The molecule has 0 aliphatic carbocycles. The van der Waals surface area contributed by atoms with Gasteiger partial charge < -0.3 is 19.8 Å². The fourth-order valence-corrected chi connectivity index (χ4v) is 2.02. The molecule has 2 rings (SSSR count). The Morgan fingerprint density at radius 3 is 3.06 bits per heavy atom. The first kappa shape index (κ1) is 11.7. The fraction of sp³-hybridized carbons (Fsp3) is 0.455. The molecular formula is C11H14N2O4. The number of carbonyl (C=O) groups is 1. The highest BCUT2D eigenvalue weighted by molar-refractivity contribution is 5.79. The normalized spacial score (nSPS) is 23.8. The monoisotopic (exact) mass is 238 g/mol. The van der Waals surface area contributed by atoms with E-state index in [1.165, 1.54) is 7.11 Å². The molecule has 1 aromatic heterocycles. The molecule has 0 spiro atoms. The van der Waals surface area contributed by atoms with E-state index < -0.39 is 18.1 Å². The SMILES string of the molecule is COc1cc(N2CC(O)CC2C(=O)O)ccn1. The maximum Gasteiger partial charge on any atom is 0.326 e. The van der Waals surface area contributed by atoms with Crippen LogP contribution in [0.5, 0.6) is 5.88 Å². The van der Waals surface area contributed by atoms with Crippen molar-refractivity contribution >= 4 is 11.7 Å². The topological polar surface area (TPSA) is 82.9 Å². The number of aliphatic carboxylic acids is 1. The lowest BCUT2D eigenvalue weighted by Gasteiger charge is -2.23. The molecule has 1 aliphatic heterocycles. The summed E-state index contributed by atoms with van der Waals surface area (Å²) in [5.41, 5.74) is 0.695. The smallest absolute Gasteiger partial charge is 0.326 e. The molecule has 0 saturated carbocycles. The highest BCUT2D eigenvalue weighted by Gasteiger charge is 2.36. The maximum atomic E-state index is 11.1. The number of aliphatic hydroxyl groups excluding tert-OH is 1. The number of aromatic nitrogens is 1. The van der Waals surface area contributed by atoms with E-state index in [0.29, 0.717) is 18.1 Å². The molecule has 1 fully saturated rings. The molecule has 6 nitrogen and oxygen atoms in total. The third-order valence-electron chi connectivity index (χ3n) is 2.82. The van der Waals surface area contributed by atoms with Crippen LogP contribution in [0.4, 0.5) is 5.69 Å². The van der Waals surface area contributed by atoms with Crippen molar-refractivity contribution in [1.29, 1.82) is 0 Å². The Kier molecular flexibility index (Phi) is 3.14. The van der Waals surface area contributed by atoms with Crippen molar-refractivity contribution in [3.8, 4) is 5.88 Å². The van der Waals surface area contributed by atoms with Gasteiger partial charge in [-0.25, -0.2) is 9.78 Å². The van der Waals surface area contributed by atoms with Gasteiger partial charge in [0.1, 0.15) is 6.04 Å². The second-order valence-corrected chi connectivity index (χ2v) is 3.95. The first-order valence-corrected chi connectivity index (χ1v) is 5.29. The van der Waals surface area contributed by atoms with Crippen molar-refractivity contribution < 1.29 is 19.7 Å². The second kappa shape index (κ2) is 4.58. The quantitative estimate of drug-likeness (QED) is 0.778. The van der Waals surface area contributed by atoms with Gasteiger partial charge in [-0.05, 0) is 6.07 Å². The average Bonchev–Trinajstić information content (AvgIpc) is 2.72. The van der Waals surface area contributed by atoms with Crippen LogP contribution in [0.15, 0.2) is 18.3 Å². The van der Waals surface area contributed by atoms with E-state index in [9.17, 15) is 9.90 Å². The van der Waals surface area contributed by atoms with E-state index in [-0.39, 0.29) is 6.42 Å². The third kappa shape index (κ3) is 2.31. The number of β-amino-alcohol motifs (C(OH)–C–C–N with tert-alkyl or cyclic N) is 1. The first-order chi connectivity index (χ1) is 8.11. The summed E-state index contributed by atoms with van der Waals surface area (Å²) in [5, 5.41) is 18.6. The summed E-state index contributed by atoms with van der Waals surface area (Å²) in [4.78, 5) is 16.7. The molecule has 1 aliphatic rings. The number of rotatable bonds is 3. The summed E-state index contributed by atoms with van der Waals surface area (Å²) in [6.45, 7) is 0.310. The molecule has 2 atom stereocenters.